The van der Waals surface area contributed by atoms with Crippen LogP contribution in [-0.4, -0.2) is 38.0 Å². The molecule has 0 atom stereocenters. The van der Waals surface area contributed by atoms with Crippen molar-refractivity contribution in [3.63, 3.8) is 0 Å². The summed E-state index contributed by atoms with van der Waals surface area (Å²) in [5, 5.41) is 0. The lowest BCUT2D eigenvalue weighted by Gasteiger charge is -2.19. The summed E-state index contributed by atoms with van der Waals surface area (Å²) in [4.78, 5) is 11.2. The molecule has 0 fully saturated rings. The maximum atomic E-state index is 11.2. The normalized spacial score (nSPS) is 11.5. The minimum absolute atomic E-state index is 0.236. The third-order valence-electron chi connectivity index (χ3n) is 1.39. The Morgan fingerprint density at radius 3 is 2.27 bits per heavy atom. The number of hydrogen-bond donors (Lipinski definition) is 0. The van der Waals surface area contributed by atoms with Crippen molar-refractivity contribution in [3.05, 3.63) is 6.92 Å². The van der Waals surface area contributed by atoms with Crippen molar-refractivity contribution in [1.82, 2.24) is 0 Å². The third-order valence-corrected chi connectivity index (χ3v) is 1.39. The van der Waals surface area contributed by atoms with E-state index in [0.717, 1.165) is 0 Å². The summed E-state index contributed by atoms with van der Waals surface area (Å²) in [5.74, 6) is -0.236. The maximum Gasteiger partial charge on any atom is 0.308 e. The molecule has 4 nitrogen and oxygen atoms in total. The van der Waals surface area contributed by atoms with Gasteiger partial charge in [0, 0.05) is 6.61 Å². The smallest absolute Gasteiger partial charge is 0.308 e. The van der Waals surface area contributed by atoms with Crippen LogP contribution in [-0.2, 0) is 19.0 Å². The van der Waals surface area contributed by atoms with Crippen LogP contribution in [0.5, 0.6) is 0 Å². The molecule has 0 aliphatic carbocycles. The van der Waals surface area contributed by atoms with Gasteiger partial charge < -0.3 is 14.2 Å². The first-order valence-corrected chi connectivity index (χ1v) is 5.12. The van der Waals surface area contributed by atoms with Gasteiger partial charge in [-0.15, -0.1) is 0 Å². The van der Waals surface area contributed by atoms with Gasteiger partial charge in [-0.25, -0.2) is 0 Å². The molecule has 0 aromatic heterocycles. The number of hydrogen-bond acceptors (Lipinski definition) is 4. The molecule has 89 valence electrons. The summed E-state index contributed by atoms with van der Waals surface area (Å²) in [6.45, 7) is 10.8. The molecule has 15 heavy (non-hydrogen) atoms. The van der Waals surface area contributed by atoms with Gasteiger partial charge in [0.1, 0.15) is 5.60 Å². The van der Waals surface area contributed by atoms with Crippen molar-refractivity contribution < 1.29 is 19.0 Å². The molecule has 0 aliphatic rings. The van der Waals surface area contributed by atoms with Crippen LogP contribution in [0.3, 0.4) is 0 Å². The van der Waals surface area contributed by atoms with Gasteiger partial charge in [0.2, 0.25) is 0 Å². The molecule has 1 radical (unpaired) electrons. The molecule has 0 amide bonds. The van der Waals surface area contributed by atoms with Crippen LogP contribution in [0.15, 0.2) is 0 Å². The van der Waals surface area contributed by atoms with Gasteiger partial charge in [0.25, 0.3) is 0 Å². The van der Waals surface area contributed by atoms with Gasteiger partial charge in [-0.1, -0.05) is 0 Å². The van der Waals surface area contributed by atoms with Gasteiger partial charge in [0.15, 0.2) is 0 Å². The average molecular weight is 217 g/mol. The number of rotatable bonds is 7. The molecule has 0 aliphatic heterocycles. The highest BCUT2D eigenvalue weighted by Gasteiger charge is 2.15. The Morgan fingerprint density at radius 2 is 1.73 bits per heavy atom. The topological polar surface area (TPSA) is 44.8 Å². The van der Waals surface area contributed by atoms with Crippen LogP contribution in [0.2, 0.25) is 0 Å². The van der Waals surface area contributed by atoms with E-state index in [1.807, 2.05) is 20.8 Å². The highest BCUT2D eigenvalue weighted by Crippen LogP contribution is 2.07. The summed E-state index contributed by atoms with van der Waals surface area (Å²) in [7, 11) is 0. The minimum Gasteiger partial charge on any atom is -0.460 e. The molecule has 0 N–H and O–H groups in total. The first kappa shape index (κ1) is 14.4. The zero-order chi connectivity index (χ0) is 11.7. The molecule has 0 unspecified atom stereocenters. The zero-order valence-corrected chi connectivity index (χ0v) is 9.88. The molecular weight excluding hydrogens is 196 g/mol. The number of carbonyl (C=O) groups excluding carboxylic acids is 1. The first-order valence-electron chi connectivity index (χ1n) is 5.12. The van der Waals surface area contributed by atoms with Crippen molar-refractivity contribution in [1.29, 1.82) is 0 Å². The third kappa shape index (κ3) is 11.3. The number of ether oxygens (including phenoxy) is 3. The van der Waals surface area contributed by atoms with Crippen molar-refractivity contribution >= 4 is 5.97 Å². The molecule has 4 heteroatoms. The van der Waals surface area contributed by atoms with Gasteiger partial charge in [-0.05, 0) is 27.7 Å². The molecular formula is C11H21O4. The fourth-order valence-corrected chi connectivity index (χ4v) is 0.870. The Labute approximate surface area is 91.9 Å². The zero-order valence-electron chi connectivity index (χ0n) is 9.88. The second kappa shape index (κ2) is 7.65. The fraction of sp³-hybridized carbons (Fsp3) is 0.818. The van der Waals surface area contributed by atoms with Crippen LogP contribution >= 0.6 is 0 Å². The summed E-state index contributed by atoms with van der Waals surface area (Å²) < 4.78 is 15.2. The molecule has 0 saturated heterocycles. The van der Waals surface area contributed by atoms with Gasteiger partial charge in [-0.3, -0.25) is 4.79 Å². The Kier molecular flexibility index (Phi) is 7.34. The van der Waals surface area contributed by atoms with E-state index in [9.17, 15) is 4.79 Å². The van der Waals surface area contributed by atoms with Crippen LogP contribution in [0.4, 0.5) is 0 Å². The largest absolute Gasteiger partial charge is 0.460 e. The first-order chi connectivity index (χ1) is 6.95. The van der Waals surface area contributed by atoms with E-state index in [-0.39, 0.29) is 12.4 Å². The minimum atomic E-state index is -0.423. The Bertz CT molecular complexity index is 172. The van der Waals surface area contributed by atoms with Gasteiger partial charge in [0.05, 0.1) is 26.2 Å². The summed E-state index contributed by atoms with van der Waals surface area (Å²) in [6.07, 6.45) is 0.279. The van der Waals surface area contributed by atoms with Crippen molar-refractivity contribution in [3.8, 4) is 0 Å². The van der Waals surface area contributed by atoms with Crippen molar-refractivity contribution in [2.45, 2.75) is 32.8 Å². The Balaban J connectivity index is 3.32. The van der Waals surface area contributed by atoms with Crippen LogP contribution in [0, 0.1) is 6.92 Å². The molecule has 0 spiro atoms. The molecule has 0 bridgehead atoms. The number of carbonyl (C=O) groups is 1. The summed E-state index contributed by atoms with van der Waals surface area (Å²) >= 11 is 0. The highest BCUT2D eigenvalue weighted by molar-refractivity contribution is 5.69. The Hall–Kier alpha value is -0.610. The lowest BCUT2D eigenvalue weighted by molar-refractivity contribution is -0.156. The molecule has 0 saturated carbocycles. The van der Waals surface area contributed by atoms with Gasteiger partial charge >= 0.3 is 5.97 Å². The van der Waals surface area contributed by atoms with Crippen LogP contribution < -0.4 is 0 Å². The monoisotopic (exact) mass is 217 g/mol. The lowest BCUT2D eigenvalue weighted by Crippen LogP contribution is -2.24. The van der Waals surface area contributed by atoms with Gasteiger partial charge in [-0.2, -0.15) is 0 Å². The molecule has 0 heterocycles. The maximum absolute atomic E-state index is 11.2. The fourth-order valence-electron chi connectivity index (χ4n) is 0.870. The molecule has 0 rings (SSSR count). The standard InChI is InChI=1S/C11H21O4/c1-5-13-8-9-14-7-6-10(12)15-11(2,3)4/h1,5-9H2,2-4H3. The van der Waals surface area contributed by atoms with Crippen molar-refractivity contribution in [2.75, 3.05) is 26.4 Å². The SMILES string of the molecule is [CH2]COCCOCCC(=O)OC(C)(C)C. The van der Waals surface area contributed by atoms with E-state index in [2.05, 4.69) is 6.92 Å². The lowest BCUT2D eigenvalue weighted by atomic mass is 10.2. The van der Waals surface area contributed by atoms with Crippen LogP contribution in [0.25, 0.3) is 0 Å². The van der Waals surface area contributed by atoms with Crippen LogP contribution in [0.1, 0.15) is 27.2 Å². The molecule has 0 aromatic rings. The Morgan fingerprint density at radius 1 is 1.13 bits per heavy atom. The quantitative estimate of drug-likeness (QED) is 0.480. The van der Waals surface area contributed by atoms with E-state index in [1.54, 1.807) is 0 Å². The van der Waals surface area contributed by atoms with E-state index >= 15 is 0 Å². The van der Waals surface area contributed by atoms with E-state index in [1.165, 1.54) is 0 Å². The second-order valence-electron chi connectivity index (χ2n) is 4.06. The van der Waals surface area contributed by atoms with Crippen molar-refractivity contribution in [2.24, 2.45) is 0 Å². The van der Waals surface area contributed by atoms with E-state index in [0.29, 0.717) is 26.4 Å². The highest BCUT2D eigenvalue weighted by atomic mass is 16.6. The predicted molar refractivity (Wildman–Crippen MR) is 57.5 cm³/mol. The second-order valence-corrected chi connectivity index (χ2v) is 4.06. The predicted octanol–water partition coefficient (Wildman–Crippen LogP) is 1.59. The average Bonchev–Trinajstić information content (AvgIpc) is 2.08. The summed E-state index contributed by atoms with van der Waals surface area (Å²) in [5.41, 5.74) is -0.423. The summed E-state index contributed by atoms with van der Waals surface area (Å²) in [6, 6.07) is 0. The van der Waals surface area contributed by atoms with E-state index in [4.69, 9.17) is 14.2 Å². The molecule has 0 aromatic carbocycles. The number of esters is 1. The van der Waals surface area contributed by atoms with E-state index < -0.39 is 5.60 Å².